The number of esters is 2. The zero-order valence-electron chi connectivity index (χ0n) is 6.57. The second-order valence-electron chi connectivity index (χ2n) is 2.09. The first-order valence-electron chi connectivity index (χ1n) is 3.52. The Kier molecular flexibility index (Phi) is 2.99. The summed E-state index contributed by atoms with van der Waals surface area (Å²) in [6, 6.07) is 3.35. The Hall–Kier alpha value is -1.16. The smallest absolute Gasteiger partial charge is 0.355 e. The van der Waals surface area contributed by atoms with Crippen LogP contribution in [0.25, 0.3) is 0 Å². The van der Waals surface area contributed by atoms with Crippen molar-refractivity contribution in [3.05, 3.63) is 22.4 Å². The summed E-state index contributed by atoms with van der Waals surface area (Å²) >= 11 is 1.26. The molecule has 64 valence electrons. The summed E-state index contributed by atoms with van der Waals surface area (Å²) in [5.74, 6) is -1.05. The van der Waals surface area contributed by atoms with Crippen LogP contribution in [-0.2, 0) is 9.53 Å². The van der Waals surface area contributed by atoms with E-state index in [1.807, 2.05) is 0 Å². The van der Waals surface area contributed by atoms with Crippen LogP contribution in [0.5, 0.6) is 0 Å². The van der Waals surface area contributed by atoms with Crippen molar-refractivity contribution in [1.29, 1.82) is 0 Å². The largest absolute Gasteiger partial charge is 0.389 e. The maximum absolute atomic E-state index is 11.0. The number of thiophene rings is 1. The van der Waals surface area contributed by atoms with E-state index in [4.69, 9.17) is 0 Å². The van der Waals surface area contributed by atoms with Crippen molar-refractivity contribution in [2.45, 2.75) is 13.3 Å². The molecule has 0 unspecified atom stereocenters. The second kappa shape index (κ2) is 4.01. The predicted octanol–water partition coefficient (Wildman–Crippen LogP) is 1.84. The Labute approximate surface area is 74.0 Å². The monoisotopic (exact) mass is 184 g/mol. The van der Waals surface area contributed by atoms with E-state index in [0.717, 1.165) is 0 Å². The highest BCUT2D eigenvalue weighted by atomic mass is 32.1. The van der Waals surface area contributed by atoms with Gasteiger partial charge in [0.25, 0.3) is 0 Å². The lowest BCUT2D eigenvalue weighted by atomic mass is 10.4. The predicted molar refractivity (Wildman–Crippen MR) is 45.0 cm³/mol. The summed E-state index contributed by atoms with van der Waals surface area (Å²) in [6.07, 6.45) is 0.219. The molecular weight excluding hydrogens is 176 g/mol. The Balaban J connectivity index is 2.56. The minimum Gasteiger partial charge on any atom is -0.389 e. The first-order chi connectivity index (χ1) is 5.74. The lowest BCUT2D eigenvalue weighted by Gasteiger charge is -1.96. The van der Waals surface area contributed by atoms with Crippen LogP contribution in [0.1, 0.15) is 23.0 Å². The van der Waals surface area contributed by atoms with Crippen LogP contribution in [0.3, 0.4) is 0 Å². The molecule has 0 fully saturated rings. The van der Waals surface area contributed by atoms with Crippen molar-refractivity contribution in [3.63, 3.8) is 0 Å². The normalized spacial score (nSPS) is 9.42. The SMILES string of the molecule is CCC(=O)OC(=O)c1cccs1. The Morgan fingerprint density at radius 1 is 1.58 bits per heavy atom. The molecule has 0 aliphatic rings. The van der Waals surface area contributed by atoms with Crippen LogP contribution in [0.2, 0.25) is 0 Å². The third kappa shape index (κ3) is 2.17. The van der Waals surface area contributed by atoms with Crippen LogP contribution in [-0.4, -0.2) is 11.9 Å². The van der Waals surface area contributed by atoms with Gasteiger partial charge >= 0.3 is 11.9 Å². The topological polar surface area (TPSA) is 43.4 Å². The molecule has 0 aromatic carbocycles. The maximum Gasteiger partial charge on any atom is 0.355 e. The zero-order chi connectivity index (χ0) is 8.97. The third-order valence-electron chi connectivity index (χ3n) is 1.22. The van der Waals surface area contributed by atoms with Gasteiger partial charge in [-0.25, -0.2) is 4.79 Å². The van der Waals surface area contributed by atoms with E-state index < -0.39 is 11.9 Å². The van der Waals surface area contributed by atoms with Gasteiger partial charge in [0.05, 0.1) is 0 Å². The van der Waals surface area contributed by atoms with Crippen molar-refractivity contribution in [2.24, 2.45) is 0 Å². The van der Waals surface area contributed by atoms with Gasteiger partial charge in [0.2, 0.25) is 0 Å². The zero-order valence-corrected chi connectivity index (χ0v) is 7.39. The molecule has 0 N–H and O–H groups in total. The number of rotatable bonds is 2. The minimum absolute atomic E-state index is 0.219. The average Bonchev–Trinajstić information content (AvgIpc) is 2.56. The molecule has 0 atom stereocenters. The molecule has 0 aliphatic heterocycles. The molecule has 1 aromatic heterocycles. The van der Waals surface area contributed by atoms with Gasteiger partial charge in [0.15, 0.2) is 0 Å². The van der Waals surface area contributed by atoms with E-state index in [1.165, 1.54) is 11.3 Å². The molecule has 1 aromatic rings. The standard InChI is InChI=1S/C8H8O3S/c1-2-7(9)11-8(10)6-4-3-5-12-6/h3-5H,2H2,1H3. The van der Waals surface area contributed by atoms with Gasteiger partial charge in [-0.1, -0.05) is 13.0 Å². The molecule has 0 amide bonds. The fourth-order valence-corrected chi connectivity index (χ4v) is 1.22. The van der Waals surface area contributed by atoms with Crippen LogP contribution in [0, 0.1) is 0 Å². The van der Waals surface area contributed by atoms with Gasteiger partial charge in [-0.2, -0.15) is 0 Å². The summed E-state index contributed by atoms with van der Waals surface area (Å²) in [5, 5.41) is 1.76. The molecule has 1 heterocycles. The van der Waals surface area contributed by atoms with E-state index in [0.29, 0.717) is 4.88 Å². The second-order valence-corrected chi connectivity index (χ2v) is 3.04. The third-order valence-corrected chi connectivity index (χ3v) is 2.07. The average molecular weight is 184 g/mol. The van der Waals surface area contributed by atoms with Crippen molar-refractivity contribution in [2.75, 3.05) is 0 Å². The Bertz CT molecular complexity index is 277. The number of hydrogen-bond acceptors (Lipinski definition) is 4. The summed E-state index contributed by atoms with van der Waals surface area (Å²) in [6.45, 7) is 1.64. The quantitative estimate of drug-likeness (QED) is 0.520. The first kappa shape index (κ1) is 8.93. The van der Waals surface area contributed by atoms with Crippen molar-refractivity contribution < 1.29 is 14.3 Å². The summed E-state index contributed by atoms with van der Waals surface area (Å²) < 4.78 is 4.48. The van der Waals surface area contributed by atoms with Crippen LogP contribution in [0.4, 0.5) is 0 Å². The molecule has 0 spiro atoms. The number of hydrogen-bond donors (Lipinski definition) is 0. The van der Waals surface area contributed by atoms with E-state index in [1.54, 1.807) is 24.4 Å². The number of carbonyl (C=O) groups excluding carboxylic acids is 2. The van der Waals surface area contributed by atoms with Gasteiger partial charge in [-0.15, -0.1) is 11.3 Å². The minimum atomic E-state index is -0.558. The number of ether oxygens (including phenoxy) is 1. The number of carbonyl (C=O) groups is 2. The first-order valence-corrected chi connectivity index (χ1v) is 4.40. The van der Waals surface area contributed by atoms with Gasteiger partial charge < -0.3 is 4.74 Å². The van der Waals surface area contributed by atoms with Gasteiger partial charge in [0, 0.05) is 6.42 Å². The molecule has 0 radical (unpaired) electrons. The Morgan fingerprint density at radius 2 is 2.33 bits per heavy atom. The highest BCUT2D eigenvalue weighted by Crippen LogP contribution is 2.09. The van der Waals surface area contributed by atoms with Crippen LogP contribution < -0.4 is 0 Å². The lowest BCUT2D eigenvalue weighted by molar-refractivity contribution is -0.137. The molecule has 0 saturated carbocycles. The van der Waals surface area contributed by atoms with Crippen LogP contribution in [0.15, 0.2) is 17.5 Å². The summed E-state index contributed by atoms with van der Waals surface area (Å²) in [5.41, 5.74) is 0. The van der Waals surface area contributed by atoms with Crippen LogP contribution >= 0.6 is 11.3 Å². The summed E-state index contributed by atoms with van der Waals surface area (Å²) in [7, 11) is 0. The highest BCUT2D eigenvalue weighted by Gasteiger charge is 2.11. The Morgan fingerprint density at radius 3 is 2.83 bits per heavy atom. The van der Waals surface area contributed by atoms with E-state index >= 15 is 0 Å². The fourth-order valence-electron chi connectivity index (χ4n) is 0.621. The van der Waals surface area contributed by atoms with E-state index in [9.17, 15) is 9.59 Å². The summed E-state index contributed by atoms with van der Waals surface area (Å²) in [4.78, 5) is 22.2. The van der Waals surface area contributed by atoms with E-state index in [2.05, 4.69) is 4.74 Å². The molecule has 0 aliphatic carbocycles. The molecule has 12 heavy (non-hydrogen) atoms. The van der Waals surface area contributed by atoms with E-state index in [-0.39, 0.29) is 6.42 Å². The van der Waals surface area contributed by atoms with Crippen molar-refractivity contribution in [1.82, 2.24) is 0 Å². The molecule has 0 bridgehead atoms. The van der Waals surface area contributed by atoms with Gasteiger partial charge in [-0.3, -0.25) is 4.79 Å². The lowest BCUT2D eigenvalue weighted by Crippen LogP contribution is -2.09. The molecule has 3 nitrogen and oxygen atoms in total. The molecule has 1 rings (SSSR count). The fraction of sp³-hybridized carbons (Fsp3) is 0.250. The molecule has 4 heteroatoms. The van der Waals surface area contributed by atoms with Gasteiger partial charge in [0.1, 0.15) is 4.88 Å². The van der Waals surface area contributed by atoms with Gasteiger partial charge in [-0.05, 0) is 11.4 Å². The van der Waals surface area contributed by atoms with Crippen molar-refractivity contribution in [3.8, 4) is 0 Å². The molecule has 0 saturated heterocycles. The van der Waals surface area contributed by atoms with Crippen molar-refractivity contribution >= 4 is 23.3 Å². The maximum atomic E-state index is 11.0. The molecular formula is C8H8O3S. The highest BCUT2D eigenvalue weighted by molar-refractivity contribution is 7.12.